The number of fused-ring (bicyclic) bond motifs is 1. The van der Waals surface area contributed by atoms with Crippen LogP contribution in [0.2, 0.25) is 0 Å². The Morgan fingerprint density at radius 3 is 2.75 bits per heavy atom. The molecule has 2 rings (SSSR count). The van der Waals surface area contributed by atoms with Gasteiger partial charge in [0.05, 0.1) is 5.69 Å². The summed E-state index contributed by atoms with van der Waals surface area (Å²) in [7, 11) is 2.07. The fourth-order valence-corrected chi connectivity index (χ4v) is 2.11. The molecule has 1 heterocycles. The molecule has 12 heavy (non-hydrogen) atoms. The molecule has 0 aliphatic heterocycles. The van der Waals surface area contributed by atoms with E-state index in [0.717, 1.165) is 0 Å². The third-order valence-electron chi connectivity index (χ3n) is 2.69. The fourth-order valence-electron chi connectivity index (χ4n) is 2.11. The number of aryl methyl sites for hydroxylation is 1. The predicted octanol–water partition coefficient (Wildman–Crippen LogP) is 2.03. The van der Waals surface area contributed by atoms with Crippen LogP contribution in [0, 0.1) is 0 Å². The molecule has 1 aliphatic rings. The van der Waals surface area contributed by atoms with E-state index >= 15 is 0 Å². The molecule has 0 amide bonds. The molecule has 0 bridgehead atoms. The fraction of sp³-hybridized carbons (Fsp3) is 0.700. The van der Waals surface area contributed by atoms with Crippen LogP contribution in [-0.4, -0.2) is 9.78 Å². The minimum Gasteiger partial charge on any atom is -0.272 e. The molecular formula is C10H16N2. The van der Waals surface area contributed by atoms with Gasteiger partial charge in [0.25, 0.3) is 0 Å². The second-order valence-electron chi connectivity index (χ2n) is 3.94. The van der Waals surface area contributed by atoms with Gasteiger partial charge in [0.2, 0.25) is 0 Å². The van der Waals surface area contributed by atoms with Gasteiger partial charge >= 0.3 is 0 Å². The summed E-state index contributed by atoms with van der Waals surface area (Å²) < 4.78 is 2.07. The molecule has 0 radical (unpaired) electrons. The smallest absolute Gasteiger partial charge is 0.0684 e. The maximum Gasteiger partial charge on any atom is 0.0684 e. The van der Waals surface area contributed by atoms with Gasteiger partial charge in [0, 0.05) is 12.7 Å². The first-order valence-electron chi connectivity index (χ1n) is 4.74. The van der Waals surface area contributed by atoms with Crippen LogP contribution in [0.25, 0.3) is 0 Å². The minimum absolute atomic E-state index is 0.582. The summed E-state index contributed by atoms with van der Waals surface area (Å²) in [5.41, 5.74) is 4.33. The topological polar surface area (TPSA) is 17.8 Å². The molecule has 0 fully saturated rings. The van der Waals surface area contributed by atoms with Crippen molar-refractivity contribution in [3.63, 3.8) is 0 Å². The molecule has 1 aromatic heterocycles. The first kappa shape index (κ1) is 7.84. The van der Waals surface area contributed by atoms with Gasteiger partial charge in [-0.1, -0.05) is 13.8 Å². The van der Waals surface area contributed by atoms with Crippen LogP contribution in [0.5, 0.6) is 0 Å². The predicted molar refractivity (Wildman–Crippen MR) is 49.3 cm³/mol. The van der Waals surface area contributed by atoms with Gasteiger partial charge in [0.15, 0.2) is 0 Å². The van der Waals surface area contributed by atoms with Crippen molar-refractivity contribution in [1.29, 1.82) is 0 Å². The van der Waals surface area contributed by atoms with E-state index in [4.69, 9.17) is 0 Å². The van der Waals surface area contributed by atoms with Crippen LogP contribution in [-0.2, 0) is 19.9 Å². The van der Waals surface area contributed by atoms with Crippen LogP contribution in [0.1, 0.15) is 43.1 Å². The van der Waals surface area contributed by atoms with E-state index in [2.05, 4.69) is 30.7 Å². The second-order valence-corrected chi connectivity index (χ2v) is 3.94. The lowest BCUT2D eigenvalue weighted by Crippen LogP contribution is -1.97. The third kappa shape index (κ3) is 0.977. The standard InChI is InChI=1S/C10H16N2/c1-7(2)10-8-5-4-6-9(8)12(3)11-10/h7H,4-6H2,1-3H3. The van der Waals surface area contributed by atoms with Crippen molar-refractivity contribution >= 4 is 0 Å². The molecule has 0 N–H and O–H groups in total. The van der Waals surface area contributed by atoms with Gasteiger partial charge in [0.1, 0.15) is 0 Å². The summed E-state index contributed by atoms with van der Waals surface area (Å²) in [6.45, 7) is 4.45. The zero-order valence-electron chi connectivity index (χ0n) is 8.09. The van der Waals surface area contributed by atoms with Crippen molar-refractivity contribution < 1.29 is 0 Å². The monoisotopic (exact) mass is 164 g/mol. The Kier molecular flexibility index (Phi) is 1.71. The van der Waals surface area contributed by atoms with E-state index in [0.29, 0.717) is 5.92 Å². The van der Waals surface area contributed by atoms with E-state index < -0.39 is 0 Å². The normalized spacial score (nSPS) is 15.7. The Morgan fingerprint density at radius 2 is 2.08 bits per heavy atom. The maximum atomic E-state index is 4.55. The lowest BCUT2D eigenvalue weighted by molar-refractivity contribution is 0.669. The Hall–Kier alpha value is -0.790. The maximum absolute atomic E-state index is 4.55. The van der Waals surface area contributed by atoms with Crippen molar-refractivity contribution in [1.82, 2.24) is 9.78 Å². The number of hydrogen-bond acceptors (Lipinski definition) is 1. The summed E-state index contributed by atoms with van der Waals surface area (Å²) in [5.74, 6) is 0.582. The summed E-state index contributed by atoms with van der Waals surface area (Å²) in [6.07, 6.45) is 3.79. The lowest BCUT2D eigenvalue weighted by Gasteiger charge is -2.01. The van der Waals surface area contributed by atoms with Crippen molar-refractivity contribution in [2.24, 2.45) is 7.05 Å². The first-order valence-corrected chi connectivity index (χ1v) is 4.74. The van der Waals surface area contributed by atoms with E-state index in [1.807, 2.05) is 0 Å². The third-order valence-corrected chi connectivity index (χ3v) is 2.69. The van der Waals surface area contributed by atoms with Crippen LogP contribution in [0.4, 0.5) is 0 Å². The molecule has 66 valence electrons. The van der Waals surface area contributed by atoms with Crippen molar-refractivity contribution in [3.8, 4) is 0 Å². The Balaban J connectivity index is 2.51. The lowest BCUT2D eigenvalue weighted by atomic mass is 10.1. The van der Waals surface area contributed by atoms with Crippen molar-refractivity contribution in [2.45, 2.75) is 39.0 Å². The van der Waals surface area contributed by atoms with Gasteiger partial charge in [-0.25, -0.2) is 0 Å². The van der Waals surface area contributed by atoms with Crippen LogP contribution >= 0.6 is 0 Å². The SMILES string of the molecule is CC(C)c1nn(C)c2c1CCC2. The summed E-state index contributed by atoms with van der Waals surface area (Å²) >= 11 is 0. The Bertz CT molecular complexity index is 297. The van der Waals surface area contributed by atoms with Gasteiger partial charge in [-0.2, -0.15) is 5.10 Å². The molecule has 0 unspecified atom stereocenters. The molecule has 2 heteroatoms. The average molecular weight is 164 g/mol. The number of aromatic nitrogens is 2. The molecule has 0 aromatic carbocycles. The van der Waals surface area contributed by atoms with E-state index in [-0.39, 0.29) is 0 Å². The average Bonchev–Trinajstić information content (AvgIpc) is 2.53. The number of rotatable bonds is 1. The quantitative estimate of drug-likeness (QED) is 0.621. The highest BCUT2D eigenvalue weighted by molar-refractivity contribution is 5.32. The molecule has 0 saturated heterocycles. The number of hydrogen-bond donors (Lipinski definition) is 0. The van der Waals surface area contributed by atoms with Crippen LogP contribution in [0.15, 0.2) is 0 Å². The Labute approximate surface area is 73.6 Å². The summed E-state index contributed by atoms with van der Waals surface area (Å²) in [6, 6.07) is 0. The highest BCUT2D eigenvalue weighted by Crippen LogP contribution is 2.28. The van der Waals surface area contributed by atoms with Crippen LogP contribution in [0.3, 0.4) is 0 Å². The second kappa shape index (κ2) is 2.61. The summed E-state index contributed by atoms with van der Waals surface area (Å²) in [4.78, 5) is 0. The van der Waals surface area contributed by atoms with Crippen molar-refractivity contribution in [3.05, 3.63) is 17.0 Å². The largest absolute Gasteiger partial charge is 0.272 e. The minimum atomic E-state index is 0.582. The molecule has 1 aromatic rings. The number of nitrogens with zero attached hydrogens (tertiary/aromatic N) is 2. The van der Waals surface area contributed by atoms with Gasteiger partial charge < -0.3 is 0 Å². The first-order chi connectivity index (χ1) is 5.70. The molecular weight excluding hydrogens is 148 g/mol. The summed E-state index contributed by atoms with van der Waals surface area (Å²) in [5, 5.41) is 4.55. The van der Waals surface area contributed by atoms with E-state index in [1.54, 1.807) is 0 Å². The highest BCUT2D eigenvalue weighted by atomic mass is 15.3. The van der Waals surface area contributed by atoms with Gasteiger partial charge in [-0.15, -0.1) is 0 Å². The Morgan fingerprint density at radius 1 is 1.33 bits per heavy atom. The van der Waals surface area contributed by atoms with Crippen molar-refractivity contribution in [2.75, 3.05) is 0 Å². The molecule has 2 nitrogen and oxygen atoms in total. The molecule has 0 saturated carbocycles. The van der Waals surface area contributed by atoms with Gasteiger partial charge in [-0.3, -0.25) is 4.68 Å². The zero-order valence-corrected chi connectivity index (χ0v) is 8.09. The van der Waals surface area contributed by atoms with E-state index in [1.165, 1.54) is 36.2 Å². The molecule has 0 spiro atoms. The zero-order chi connectivity index (χ0) is 8.72. The molecule has 0 atom stereocenters. The van der Waals surface area contributed by atoms with E-state index in [9.17, 15) is 0 Å². The van der Waals surface area contributed by atoms with Crippen LogP contribution < -0.4 is 0 Å². The van der Waals surface area contributed by atoms with Gasteiger partial charge in [-0.05, 0) is 30.7 Å². The molecule has 1 aliphatic carbocycles. The highest BCUT2D eigenvalue weighted by Gasteiger charge is 2.21.